The molecule has 0 N–H and O–H groups in total. The van der Waals surface area contributed by atoms with Crippen molar-refractivity contribution in [2.75, 3.05) is 63.9 Å². The molecule has 1 aromatic heterocycles. The van der Waals surface area contributed by atoms with Crippen LogP contribution in [-0.4, -0.2) is 86.8 Å². The molecule has 0 amide bonds. The number of rotatable bonds is 5. The van der Waals surface area contributed by atoms with Crippen molar-refractivity contribution in [3.63, 3.8) is 0 Å². The monoisotopic (exact) mass is 431 g/mol. The van der Waals surface area contributed by atoms with Crippen LogP contribution in [0.3, 0.4) is 0 Å². The lowest BCUT2D eigenvalue weighted by Crippen LogP contribution is -2.46. The summed E-state index contributed by atoms with van der Waals surface area (Å²) in [5.41, 5.74) is 2.15. The number of ether oxygens (including phenoxy) is 1. The molecule has 2 fully saturated rings. The van der Waals surface area contributed by atoms with Gasteiger partial charge in [0.15, 0.2) is 5.82 Å². The Balaban J connectivity index is 1.55. The molecule has 2 aliphatic heterocycles. The maximum absolute atomic E-state index is 13.1. The van der Waals surface area contributed by atoms with E-state index in [2.05, 4.69) is 26.9 Å². The summed E-state index contributed by atoms with van der Waals surface area (Å²) in [4.78, 5) is 4.98. The number of anilines is 1. The molecule has 2 aromatic rings. The second-order valence-corrected chi connectivity index (χ2v) is 9.60. The number of hydrogen-bond acceptors (Lipinski definition) is 7. The first-order valence-electron chi connectivity index (χ1n) is 10.5. The molecule has 0 atom stereocenters. The highest BCUT2D eigenvalue weighted by molar-refractivity contribution is 7.89. The van der Waals surface area contributed by atoms with Gasteiger partial charge in [0.25, 0.3) is 0 Å². The molecule has 1 aromatic carbocycles. The Labute approximate surface area is 178 Å². The van der Waals surface area contributed by atoms with Crippen molar-refractivity contribution in [3.8, 4) is 11.3 Å². The number of benzene rings is 1. The van der Waals surface area contributed by atoms with Crippen molar-refractivity contribution in [2.24, 2.45) is 0 Å². The Morgan fingerprint density at radius 1 is 0.967 bits per heavy atom. The molecule has 0 bridgehead atoms. The van der Waals surface area contributed by atoms with Crippen LogP contribution in [0.1, 0.15) is 12.5 Å². The minimum atomic E-state index is -3.56. The highest BCUT2D eigenvalue weighted by atomic mass is 32.2. The van der Waals surface area contributed by atoms with Crippen LogP contribution in [0.15, 0.2) is 35.2 Å². The van der Waals surface area contributed by atoms with E-state index in [1.54, 1.807) is 6.07 Å². The van der Waals surface area contributed by atoms with E-state index >= 15 is 0 Å². The van der Waals surface area contributed by atoms with Crippen molar-refractivity contribution in [2.45, 2.75) is 18.7 Å². The van der Waals surface area contributed by atoms with E-state index in [9.17, 15) is 8.42 Å². The summed E-state index contributed by atoms with van der Waals surface area (Å²) in [6, 6.07) is 9.34. The van der Waals surface area contributed by atoms with Crippen LogP contribution in [0.2, 0.25) is 0 Å². The lowest BCUT2D eigenvalue weighted by molar-refractivity contribution is 0.0730. The zero-order valence-electron chi connectivity index (χ0n) is 17.6. The van der Waals surface area contributed by atoms with Crippen LogP contribution >= 0.6 is 0 Å². The Morgan fingerprint density at radius 2 is 1.70 bits per heavy atom. The van der Waals surface area contributed by atoms with Crippen LogP contribution in [0, 0.1) is 6.92 Å². The summed E-state index contributed by atoms with van der Waals surface area (Å²) in [5, 5.41) is 8.81. The number of likely N-dealkylation sites (N-methyl/N-ethyl adjacent to an activating group) is 1. The summed E-state index contributed by atoms with van der Waals surface area (Å²) in [6.07, 6.45) is 0. The second kappa shape index (κ2) is 8.97. The van der Waals surface area contributed by atoms with E-state index in [0.29, 0.717) is 36.9 Å². The van der Waals surface area contributed by atoms with Crippen molar-refractivity contribution >= 4 is 15.8 Å². The number of hydrogen-bond donors (Lipinski definition) is 0. The van der Waals surface area contributed by atoms with Crippen LogP contribution in [-0.2, 0) is 14.8 Å². The molecule has 0 unspecified atom stereocenters. The zero-order valence-corrected chi connectivity index (χ0v) is 18.4. The van der Waals surface area contributed by atoms with Crippen LogP contribution < -0.4 is 4.90 Å². The molecule has 2 aliphatic rings. The molecule has 2 saturated heterocycles. The molecule has 30 heavy (non-hydrogen) atoms. The normalized spacial score (nSPS) is 19.2. The standard InChI is InChI=1S/C21H29N5O3S/c1-3-24-8-10-25(11-9-24)21-7-6-19(22-23-21)18-5-4-17(2)20(16-18)30(27,28)26-12-14-29-15-13-26/h4-7,16H,3,8-15H2,1-2H3. The fourth-order valence-corrected chi connectivity index (χ4v) is 5.56. The second-order valence-electron chi connectivity index (χ2n) is 7.69. The van der Waals surface area contributed by atoms with Crippen LogP contribution in [0.5, 0.6) is 0 Å². The van der Waals surface area contributed by atoms with E-state index in [4.69, 9.17) is 4.74 Å². The van der Waals surface area contributed by atoms with Gasteiger partial charge < -0.3 is 14.5 Å². The summed E-state index contributed by atoms with van der Waals surface area (Å²) in [7, 11) is -3.56. The average molecular weight is 432 g/mol. The first-order valence-corrected chi connectivity index (χ1v) is 11.9. The molecule has 0 aliphatic carbocycles. The van der Waals surface area contributed by atoms with E-state index in [1.807, 2.05) is 31.2 Å². The minimum Gasteiger partial charge on any atom is -0.379 e. The van der Waals surface area contributed by atoms with Crippen molar-refractivity contribution in [1.82, 2.24) is 19.4 Å². The van der Waals surface area contributed by atoms with Gasteiger partial charge in [-0.1, -0.05) is 19.1 Å². The van der Waals surface area contributed by atoms with Gasteiger partial charge in [0.05, 0.1) is 23.8 Å². The summed E-state index contributed by atoms with van der Waals surface area (Å²) < 4.78 is 33.0. The Bertz CT molecular complexity index is 967. The van der Waals surface area contributed by atoms with E-state index in [1.165, 1.54) is 4.31 Å². The van der Waals surface area contributed by atoms with Gasteiger partial charge in [-0.3, -0.25) is 0 Å². The van der Waals surface area contributed by atoms with Gasteiger partial charge in [-0.25, -0.2) is 8.42 Å². The predicted molar refractivity (Wildman–Crippen MR) is 116 cm³/mol. The fourth-order valence-electron chi connectivity index (χ4n) is 3.90. The Kier molecular flexibility index (Phi) is 6.33. The first kappa shape index (κ1) is 21.2. The van der Waals surface area contributed by atoms with Gasteiger partial charge in [-0.2, -0.15) is 4.31 Å². The van der Waals surface area contributed by atoms with Gasteiger partial charge in [-0.05, 0) is 37.2 Å². The minimum absolute atomic E-state index is 0.323. The first-order chi connectivity index (χ1) is 14.5. The SMILES string of the molecule is CCN1CCN(c2ccc(-c3ccc(C)c(S(=O)(=O)N4CCOCC4)c3)nn2)CC1. The number of morpholine rings is 1. The van der Waals surface area contributed by atoms with Crippen molar-refractivity contribution < 1.29 is 13.2 Å². The third-order valence-corrected chi connectivity index (χ3v) is 7.91. The van der Waals surface area contributed by atoms with Gasteiger partial charge in [-0.15, -0.1) is 10.2 Å². The van der Waals surface area contributed by atoms with Gasteiger partial charge in [0.2, 0.25) is 10.0 Å². The highest BCUT2D eigenvalue weighted by Gasteiger charge is 2.28. The number of aryl methyl sites for hydroxylation is 1. The Hall–Kier alpha value is -2.07. The Morgan fingerprint density at radius 3 is 2.33 bits per heavy atom. The van der Waals surface area contributed by atoms with Crippen molar-refractivity contribution in [3.05, 3.63) is 35.9 Å². The molecule has 4 rings (SSSR count). The smallest absolute Gasteiger partial charge is 0.243 e. The number of aromatic nitrogens is 2. The molecule has 9 heteroatoms. The quantitative estimate of drug-likeness (QED) is 0.712. The van der Waals surface area contributed by atoms with E-state index < -0.39 is 10.0 Å². The summed E-state index contributed by atoms with van der Waals surface area (Å²) >= 11 is 0. The molecular formula is C21H29N5O3S. The van der Waals surface area contributed by atoms with E-state index in [-0.39, 0.29) is 0 Å². The molecule has 0 radical (unpaired) electrons. The topological polar surface area (TPSA) is 78.9 Å². The molecule has 0 saturated carbocycles. The maximum Gasteiger partial charge on any atom is 0.243 e. The number of piperazine rings is 1. The number of nitrogens with zero attached hydrogens (tertiary/aromatic N) is 5. The maximum atomic E-state index is 13.1. The lowest BCUT2D eigenvalue weighted by Gasteiger charge is -2.34. The number of sulfonamides is 1. The molecule has 8 nitrogen and oxygen atoms in total. The van der Waals surface area contributed by atoms with Gasteiger partial charge >= 0.3 is 0 Å². The lowest BCUT2D eigenvalue weighted by atomic mass is 10.1. The molecular weight excluding hydrogens is 402 g/mol. The van der Waals surface area contributed by atoms with Gasteiger partial charge in [0, 0.05) is 44.8 Å². The van der Waals surface area contributed by atoms with Crippen molar-refractivity contribution in [1.29, 1.82) is 0 Å². The molecule has 0 spiro atoms. The summed E-state index contributed by atoms with van der Waals surface area (Å²) in [5.74, 6) is 0.864. The van der Waals surface area contributed by atoms with Crippen LogP contribution in [0.25, 0.3) is 11.3 Å². The van der Waals surface area contributed by atoms with E-state index in [0.717, 1.165) is 49.7 Å². The third kappa shape index (κ3) is 4.34. The van der Waals surface area contributed by atoms with Gasteiger partial charge in [0.1, 0.15) is 0 Å². The fraction of sp³-hybridized carbons (Fsp3) is 0.524. The third-order valence-electron chi connectivity index (χ3n) is 5.87. The molecule has 162 valence electrons. The van der Waals surface area contributed by atoms with Crippen LogP contribution in [0.4, 0.5) is 5.82 Å². The highest BCUT2D eigenvalue weighted by Crippen LogP contribution is 2.27. The largest absolute Gasteiger partial charge is 0.379 e. The average Bonchev–Trinajstić information content (AvgIpc) is 2.80. The molecule has 3 heterocycles. The zero-order chi connectivity index (χ0) is 21.1. The predicted octanol–water partition coefficient (Wildman–Crippen LogP) is 1.61. The summed E-state index contributed by atoms with van der Waals surface area (Å²) in [6.45, 7) is 10.6.